The van der Waals surface area contributed by atoms with Gasteiger partial charge in [-0.1, -0.05) is 22.1 Å². The fraction of sp³-hybridized carbons (Fsp3) is 0. The maximum absolute atomic E-state index is 12.9. The fourth-order valence-electron chi connectivity index (χ4n) is 1.48. The summed E-state index contributed by atoms with van der Waals surface area (Å²) < 4.78 is 39.1. The molecule has 0 aliphatic heterocycles. The van der Waals surface area contributed by atoms with E-state index in [9.17, 15) is 17.1 Å². The number of furan rings is 1. The lowest BCUT2D eigenvalue weighted by Crippen LogP contribution is -1.92. The molecular formula is C11H7FO4S. The smallest absolute Gasteiger partial charge is 0.366 e. The van der Waals surface area contributed by atoms with Gasteiger partial charge in [-0.3, -0.25) is 4.79 Å². The first-order valence-corrected chi connectivity index (χ1v) is 5.98. The monoisotopic (exact) mass is 254 g/mol. The van der Waals surface area contributed by atoms with Crippen LogP contribution in [0.1, 0.15) is 10.4 Å². The van der Waals surface area contributed by atoms with Gasteiger partial charge < -0.3 is 4.42 Å². The van der Waals surface area contributed by atoms with Crippen molar-refractivity contribution in [3.63, 3.8) is 0 Å². The van der Waals surface area contributed by atoms with Gasteiger partial charge in [0, 0.05) is 11.1 Å². The summed E-state index contributed by atoms with van der Waals surface area (Å²) in [6, 6.07) is 7.47. The predicted octanol–water partition coefficient (Wildman–Crippen LogP) is 2.42. The normalized spacial score (nSPS) is 11.4. The van der Waals surface area contributed by atoms with Crippen LogP contribution in [0.25, 0.3) is 11.1 Å². The largest absolute Gasteiger partial charge is 0.450 e. The van der Waals surface area contributed by atoms with E-state index in [-0.39, 0.29) is 5.56 Å². The van der Waals surface area contributed by atoms with Gasteiger partial charge in [0.05, 0.1) is 6.26 Å². The Bertz CT molecular complexity index is 658. The van der Waals surface area contributed by atoms with Crippen molar-refractivity contribution in [1.29, 1.82) is 0 Å². The second kappa shape index (κ2) is 4.14. The van der Waals surface area contributed by atoms with Gasteiger partial charge in [-0.25, -0.2) is 0 Å². The zero-order chi connectivity index (χ0) is 12.5. The van der Waals surface area contributed by atoms with E-state index in [0.29, 0.717) is 17.4 Å². The molecule has 0 amide bonds. The Morgan fingerprint density at radius 3 is 2.65 bits per heavy atom. The van der Waals surface area contributed by atoms with Crippen molar-refractivity contribution in [1.82, 2.24) is 0 Å². The number of hydrogen-bond acceptors (Lipinski definition) is 4. The van der Waals surface area contributed by atoms with Crippen molar-refractivity contribution in [3.8, 4) is 11.1 Å². The summed E-state index contributed by atoms with van der Waals surface area (Å²) >= 11 is 0. The van der Waals surface area contributed by atoms with E-state index in [1.165, 1.54) is 12.1 Å². The van der Waals surface area contributed by atoms with Crippen molar-refractivity contribution in [2.75, 3.05) is 0 Å². The number of aldehydes is 1. The number of halogens is 1. The average Bonchev–Trinajstić information content (AvgIpc) is 2.77. The molecule has 0 fully saturated rings. The molecule has 0 N–H and O–H groups in total. The highest BCUT2D eigenvalue weighted by molar-refractivity contribution is 7.86. The van der Waals surface area contributed by atoms with Crippen molar-refractivity contribution < 1.29 is 21.5 Å². The minimum Gasteiger partial charge on any atom is -0.450 e. The highest BCUT2D eigenvalue weighted by Gasteiger charge is 2.22. The number of rotatable bonds is 3. The molecule has 0 spiro atoms. The summed E-state index contributed by atoms with van der Waals surface area (Å²) in [6.45, 7) is 0. The van der Waals surface area contributed by atoms with Crippen LogP contribution < -0.4 is 0 Å². The summed E-state index contributed by atoms with van der Waals surface area (Å²) in [5.41, 5.74) is 0.863. The van der Waals surface area contributed by atoms with E-state index >= 15 is 0 Å². The van der Waals surface area contributed by atoms with Crippen LogP contribution in [-0.4, -0.2) is 14.7 Å². The van der Waals surface area contributed by atoms with Crippen molar-refractivity contribution in [3.05, 3.63) is 42.2 Å². The van der Waals surface area contributed by atoms with Gasteiger partial charge in [-0.05, 0) is 17.7 Å². The molecule has 0 unspecified atom stereocenters. The van der Waals surface area contributed by atoms with Crippen molar-refractivity contribution >= 4 is 16.5 Å². The van der Waals surface area contributed by atoms with Gasteiger partial charge in [0.25, 0.3) is 5.09 Å². The molecule has 4 nitrogen and oxygen atoms in total. The first kappa shape index (κ1) is 11.5. The molecule has 1 heterocycles. The highest BCUT2D eigenvalue weighted by Crippen LogP contribution is 2.29. The van der Waals surface area contributed by atoms with Gasteiger partial charge >= 0.3 is 10.2 Å². The van der Waals surface area contributed by atoms with Gasteiger partial charge in [0.1, 0.15) is 6.29 Å². The topological polar surface area (TPSA) is 64.3 Å². The van der Waals surface area contributed by atoms with Crippen molar-refractivity contribution in [2.24, 2.45) is 0 Å². The lowest BCUT2D eigenvalue weighted by Gasteiger charge is -2.00. The molecule has 0 aliphatic carbocycles. The Morgan fingerprint density at radius 1 is 1.24 bits per heavy atom. The van der Waals surface area contributed by atoms with Crippen LogP contribution in [0.15, 0.2) is 46.1 Å². The van der Waals surface area contributed by atoms with Gasteiger partial charge in [0.2, 0.25) is 0 Å². The second-order valence-electron chi connectivity index (χ2n) is 3.30. The summed E-state index contributed by atoms with van der Waals surface area (Å²) in [4.78, 5) is 10.6. The molecule has 17 heavy (non-hydrogen) atoms. The Morgan fingerprint density at radius 2 is 2.00 bits per heavy atom. The molecular weight excluding hydrogens is 247 g/mol. The third-order valence-electron chi connectivity index (χ3n) is 2.18. The zero-order valence-corrected chi connectivity index (χ0v) is 9.28. The molecule has 0 saturated carbocycles. The van der Waals surface area contributed by atoms with Gasteiger partial charge in [-0.15, -0.1) is 0 Å². The van der Waals surface area contributed by atoms with Crippen LogP contribution in [0.2, 0.25) is 0 Å². The minimum atomic E-state index is -4.91. The number of carbonyl (C=O) groups is 1. The maximum Gasteiger partial charge on any atom is 0.366 e. The molecule has 2 aromatic rings. The molecule has 1 aromatic carbocycles. The summed E-state index contributed by atoms with van der Waals surface area (Å²) in [5, 5.41) is -0.749. The molecule has 0 bridgehead atoms. The van der Waals surface area contributed by atoms with Crippen LogP contribution in [0.3, 0.4) is 0 Å². The van der Waals surface area contributed by atoms with Crippen LogP contribution in [-0.2, 0) is 10.2 Å². The molecule has 2 rings (SSSR count). The number of carbonyl (C=O) groups excluding carboxylic acids is 1. The molecule has 88 valence electrons. The van der Waals surface area contributed by atoms with E-state index in [1.54, 1.807) is 18.2 Å². The van der Waals surface area contributed by atoms with Crippen LogP contribution >= 0.6 is 0 Å². The van der Waals surface area contributed by atoms with Crippen molar-refractivity contribution in [2.45, 2.75) is 5.09 Å². The Kier molecular flexibility index (Phi) is 2.81. The maximum atomic E-state index is 12.9. The lowest BCUT2D eigenvalue weighted by atomic mass is 10.1. The van der Waals surface area contributed by atoms with E-state index in [4.69, 9.17) is 0 Å². The molecule has 1 aromatic heterocycles. The number of hydrogen-bond donors (Lipinski definition) is 0. The SMILES string of the molecule is O=Cc1cccc(-c2ccoc2S(=O)(=O)F)c1. The van der Waals surface area contributed by atoms with Crippen LogP contribution in [0.4, 0.5) is 3.89 Å². The first-order chi connectivity index (χ1) is 8.02. The highest BCUT2D eigenvalue weighted by atomic mass is 32.3. The quantitative estimate of drug-likeness (QED) is 0.623. The minimum absolute atomic E-state index is 0.0937. The summed E-state index contributed by atoms with van der Waals surface area (Å²) in [6.07, 6.45) is 1.70. The predicted molar refractivity (Wildman–Crippen MR) is 57.8 cm³/mol. The molecule has 0 aliphatic rings. The van der Waals surface area contributed by atoms with E-state index < -0.39 is 15.3 Å². The van der Waals surface area contributed by atoms with Gasteiger partial charge in [-0.2, -0.15) is 8.42 Å². The average molecular weight is 254 g/mol. The Balaban J connectivity index is 2.61. The Labute approximate surface area is 96.9 Å². The third kappa shape index (κ3) is 2.26. The van der Waals surface area contributed by atoms with E-state index in [1.807, 2.05) is 0 Å². The van der Waals surface area contributed by atoms with E-state index in [0.717, 1.165) is 6.26 Å². The molecule has 0 radical (unpaired) electrons. The lowest BCUT2D eigenvalue weighted by molar-refractivity contribution is 0.112. The fourth-order valence-corrected chi connectivity index (χ4v) is 2.10. The van der Waals surface area contributed by atoms with Crippen LogP contribution in [0.5, 0.6) is 0 Å². The molecule has 0 saturated heterocycles. The van der Waals surface area contributed by atoms with Crippen LogP contribution in [0, 0.1) is 0 Å². The standard InChI is InChI=1S/C11H7FO4S/c12-17(14,15)11-10(4-5-16-11)9-3-1-2-8(6-9)7-13/h1-7H. The number of benzene rings is 1. The zero-order valence-electron chi connectivity index (χ0n) is 8.46. The second-order valence-corrected chi connectivity index (χ2v) is 4.55. The summed E-state index contributed by atoms with van der Waals surface area (Å²) in [7, 11) is -4.91. The molecule has 0 atom stereocenters. The first-order valence-electron chi connectivity index (χ1n) is 4.60. The third-order valence-corrected chi connectivity index (χ3v) is 2.94. The van der Waals surface area contributed by atoms with Gasteiger partial charge in [0.15, 0.2) is 0 Å². The van der Waals surface area contributed by atoms with E-state index in [2.05, 4.69) is 4.42 Å². The Hall–Kier alpha value is -1.95. The molecule has 6 heteroatoms. The summed E-state index contributed by atoms with van der Waals surface area (Å²) in [5.74, 6) is 0.